The van der Waals surface area contributed by atoms with Crippen molar-refractivity contribution in [3.05, 3.63) is 82.2 Å². The van der Waals surface area contributed by atoms with E-state index in [4.69, 9.17) is 9.47 Å². The molecular formula is C29H31BrFNO5. The van der Waals surface area contributed by atoms with Crippen LogP contribution in [0.2, 0.25) is 0 Å². The van der Waals surface area contributed by atoms with Crippen molar-refractivity contribution >= 4 is 44.7 Å². The van der Waals surface area contributed by atoms with Gasteiger partial charge in [-0.2, -0.15) is 0 Å². The van der Waals surface area contributed by atoms with Crippen molar-refractivity contribution in [2.24, 2.45) is 5.92 Å². The molecule has 1 atom stereocenters. The van der Waals surface area contributed by atoms with E-state index in [1.54, 1.807) is 39.0 Å². The number of hydrogen-bond acceptors (Lipinski definition) is 5. The molecular weight excluding hydrogens is 541 g/mol. The second-order valence-electron chi connectivity index (χ2n) is 9.87. The number of methoxy groups -OCH3 is 1. The zero-order valence-corrected chi connectivity index (χ0v) is 23.1. The van der Waals surface area contributed by atoms with Gasteiger partial charge in [-0.3, -0.25) is 9.59 Å². The Bertz CT molecular complexity index is 1320. The summed E-state index contributed by atoms with van der Waals surface area (Å²) in [5.74, 6) is -1.98. The quantitative estimate of drug-likeness (QED) is 0.214. The number of nitrogens with zero attached hydrogens (tertiary/aromatic N) is 1. The van der Waals surface area contributed by atoms with Gasteiger partial charge in [0.15, 0.2) is 0 Å². The van der Waals surface area contributed by atoms with E-state index in [2.05, 4.69) is 22.5 Å². The van der Waals surface area contributed by atoms with E-state index < -0.39 is 29.4 Å². The Kier molecular flexibility index (Phi) is 9.07. The first-order valence-electron chi connectivity index (χ1n) is 11.9. The topological polar surface area (TPSA) is 74.6 Å². The summed E-state index contributed by atoms with van der Waals surface area (Å²) >= 11 is 3.26. The normalized spacial score (nSPS) is 12.3. The molecule has 0 radical (unpaired) electrons. The number of aromatic nitrogens is 1. The maximum absolute atomic E-state index is 13.9. The number of esters is 1. The molecule has 0 fully saturated rings. The van der Waals surface area contributed by atoms with Gasteiger partial charge in [0, 0.05) is 34.8 Å². The summed E-state index contributed by atoms with van der Waals surface area (Å²) in [5.41, 5.74) is 1.80. The van der Waals surface area contributed by atoms with Crippen LogP contribution >= 0.6 is 15.9 Å². The van der Waals surface area contributed by atoms with Crippen LogP contribution in [-0.4, -0.2) is 35.1 Å². The Morgan fingerprint density at radius 1 is 1.16 bits per heavy atom. The molecule has 8 heteroatoms. The largest absolute Gasteiger partial charge is 0.469 e. The highest BCUT2D eigenvalue weighted by Crippen LogP contribution is 2.30. The lowest BCUT2D eigenvalue weighted by molar-refractivity contribution is -0.147. The average molecular weight is 572 g/mol. The standard InChI is InChI=1S/C29H31BrFNO5/c1-6-9-25-24(23-10-7-8-11-26(23)32(25)28(35)37-29(2,3)4)17-22(33)15-19(27(34)36-5)12-18-13-20(30)16-21(31)14-18/h6-8,10-11,13-14,16,19H,1,9,12,15,17H2,2-5H3/t19-/m1/s1. The maximum atomic E-state index is 13.9. The van der Waals surface area contributed by atoms with E-state index in [0.29, 0.717) is 33.2 Å². The number of benzene rings is 2. The predicted molar refractivity (Wildman–Crippen MR) is 144 cm³/mol. The molecule has 3 aromatic rings. The second-order valence-corrected chi connectivity index (χ2v) is 10.8. The van der Waals surface area contributed by atoms with Crippen molar-refractivity contribution in [3.63, 3.8) is 0 Å². The third-order valence-corrected chi connectivity index (χ3v) is 6.25. The molecule has 0 saturated carbocycles. The number of hydrogen-bond donors (Lipinski definition) is 0. The molecule has 0 aliphatic heterocycles. The predicted octanol–water partition coefficient (Wildman–Crippen LogP) is 6.59. The molecule has 0 N–H and O–H groups in total. The number of carbonyl (C=O) groups excluding carboxylic acids is 3. The molecule has 37 heavy (non-hydrogen) atoms. The van der Waals surface area contributed by atoms with Gasteiger partial charge < -0.3 is 9.47 Å². The summed E-state index contributed by atoms with van der Waals surface area (Å²) in [6, 6.07) is 11.7. The number of Topliss-reactive ketones (excluding diaryl/α,β-unsaturated/α-hetero) is 1. The van der Waals surface area contributed by atoms with E-state index in [1.807, 2.05) is 18.2 Å². The van der Waals surface area contributed by atoms with Gasteiger partial charge >= 0.3 is 12.1 Å². The summed E-state index contributed by atoms with van der Waals surface area (Å²) in [5, 5.41) is 0.752. The number of ether oxygens (including phenoxy) is 2. The minimum absolute atomic E-state index is 0.000175. The molecule has 1 heterocycles. The van der Waals surface area contributed by atoms with E-state index in [-0.39, 0.29) is 25.0 Å². The number of carbonyl (C=O) groups is 3. The van der Waals surface area contributed by atoms with Crippen LogP contribution < -0.4 is 0 Å². The Morgan fingerprint density at radius 2 is 1.86 bits per heavy atom. The molecule has 3 rings (SSSR count). The van der Waals surface area contributed by atoms with Crippen LogP contribution in [-0.2, 0) is 38.3 Å². The zero-order valence-electron chi connectivity index (χ0n) is 21.5. The van der Waals surface area contributed by atoms with Crippen LogP contribution in [0.25, 0.3) is 10.9 Å². The second kappa shape index (κ2) is 11.9. The van der Waals surface area contributed by atoms with Crippen LogP contribution in [0.3, 0.4) is 0 Å². The minimum Gasteiger partial charge on any atom is -0.469 e. The number of halogens is 2. The summed E-state index contributed by atoms with van der Waals surface area (Å²) in [6.07, 6.45) is 1.52. The van der Waals surface area contributed by atoms with Gasteiger partial charge in [-0.25, -0.2) is 13.8 Å². The monoisotopic (exact) mass is 571 g/mol. The van der Waals surface area contributed by atoms with Crippen LogP contribution in [0.5, 0.6) is 0 Å². The maximum Gasteiger partial charge on any atom is 0.419 e. The molecule has 0 bridgehead atoms. The molecule has 0 amide bonds. The first kappa shape index (κ1) is 28.3. The van der Waals surface area contributed by atoms with Crippen molar-refractivity contribution in [3.8, 4) is 0 Å². The Morgan fingerprint density at radius 3 is 2.49 bits per heavy atom. The van der Waals surface area contributed by atoms with E-state index in [0.717, 1.165) is 5.39 Å². The minimum atomic E-state index is -0.784. The van der Waals surface area contributed by atoms with Crippen molar-refractivity contribution < 1.29 is 28.2 Å². The van der Waals surface area contributed by atoms with Crippen molar-refractivity contribution in [2.75, 3.05) is 7.11 Å². The Labute approximate surface area is 224 Å². The Balaban J connectivity index is 1.96. The van der Waals surface area contributed by atoms with Crippen molar-refractivity contribution in [1.29, 1.82) is 0 Å². The summed E-state index contributed by atoms with van der Waals surface area (Å²) in [7, 11) is 1.26. The third kappa shape index (κ3) is 7.16. The fraction of sp³-hybridized carbons (Fsp3) is 0.345. The molecule has 0 unspecified atom stereocenters. The first-order chi connectivity index (χ1) is 17.4. The van der Waals surface area contributed by atoms with Gasteiger partial charge in [0.05, 0.1) is 18.5 Å². The fourth-order valence-electron chi connectivity index (χ4n) is 4.39. The van der Waals surface area contributed by atoms with E-state index >= 15 is 0 Å². The zero-order chi connectivity index (χ0) is 27.3. The highest BCUT2D eigenvalue weighted by molar-refractivity contribution is 9.10. The fourth-order valence-corrected chi connectivity index (χ4v) is 4.90. The highest BCUT2D eigenvalue weighted by Gasteiger charge is 2.28. The van der Waals surface area contributed by atoms with Gasteiger partial charge in [0.1, 0.15) is 17.2 Å². The van der Waals surface area contributed by atoms with Gasteiger partial charge in [-0.05, 0) is 62.6 Å². The molecule has 2 aromatic carbocycles. The summed E-state index contributed by atoms with van der Waals surface area (Å²) in [6.45, 7) is 9.19. The number of fused-ring (bicyclic) bond motifs is 1. The van der Waals surface area contributed by atoms with E-state index in [9.17, 15) is 18.8 Å². The molecule has 0 aliphatic carbocycles. The van der Waals surface area contributed by atoms with Crippen LogP contribution in [0.15, 0.2) is 59.6 Å². The van der Waals surface area contributed by atoms with Gasteiger partial charge in [-0.15, -0.1) is 6.58 Å². The highest BCUT2D eigenvalue weighted by atomic mass is 79.9. The summed E-state index contributed by atoms with van der Waals surface area (Å²) in [4.78, 5) is 39.0. The third-order valence-electron chi connectivity index (χ3n) is 5.79. The van der Waals surface area contributed by atoms with Crippen molar-refractivity contribution in [1.82, 2.24) is 4.57 Å². The Hall–Kier alpha value is -3.26. The number of rotatable bonds is 9. The lowest BCUT2D eigenvalue weighted by Crippen LogP contribution is -2.28. The van der Waals surface area contributed by atoms with Crippen LogP contribution in [0.4, 0.5) is 9.18 Å². The van der Waals surface area contributed by atoms with Crippen molar-refractivity contribution in [2.45, 2.75) is 52.1 Å². The smallest absolute Gasteiger partial charge is 0.419 e. The number of allylic oxidation sites excluding steroid dienone is 1. The molecule has 0 spiro atoms. The lowest BCUT2D eigenvalue weighted by atomic mass is 9.91. The van der Waals surface area contributed by atoms with Crippen LogP contribution in [0, 0.1) is 11.7 Å². The molecule has 196 valence electrons. The molecule has 0 aliphatic rings. The van der Waals surface area contributed by atoms with Gasteiger partial charge in [0.25, 0.3) is 0 Å². The number of ketones is 1. The molecule has 6 nitrogen and oxygen atoms in total. The van der Waals surface area contributed by atoms with Gasteiger partial charge in [0.2, 0.25) is 0 Å². The van der Waals surface area contributed by atoms with Gasteiger partial charge in [-0.1, -0.05) is 40.2 Å². The average Bonchev–Trinajstić information content (AvgIpc) is 3.09. The van der Waals surface area contributed by atoms with Crippen LogP contribution in [0.1, 0.15) is 44.0 Å². The number of para-hydroxylation sites is 1. The molecule has 0 saturated heterocycles. The lowest BCUT2D eigenvalue weighted by Gasteiger charge is -2.21. The summed E-state index contributed by atoms with van der Waals surface area (Å²) < 4.78 is 26.5. The molecule has 1 aromatic heterocycles. The first-order valence-corrected chi connectivity index (χ1v) is 12.7. The SMILES string of the molecule is C=CCc1c(CC(=O)C[C@@H](Cc2cc(F)cc(Br)c2)C(=O)OC)c2ccccc2n1C(=O)OC(C)(C)C. The van der Waals surface area contributed by atoms with E-state index in [1.165, 1.54) is 23.8 Å².